The van der Waals surface area contributed by atoms with Crippen molar-refractivity contribution in [1.82, 2.24) is 9.59 Å². The Morgan fingerprint density at radius 1 is 0.950 bits per heavy atom. The summed E-state index contributed by atoms with van der Waals surface area (Å²) in [4.78, 5) is 0. The highest BCUT2D eigenvalue weighted by molar-refractivity contribution is 7.03. The lowest BCUT2D eigenvalue weighted by Crippen LogP contribution is -2.17. The van der Waals surface area contributed by atoms with Gasteiger partial charge in [0.1, 0.15) is 11.4 Å². The molecule has 1 aromatic carbocycles. The molecule has 2 rings (SSSR count). The first kappa shape index (κ1) is 15.0. The maximum Gasteiger partial charge on any atom is 0.123 e. The molecule has 0 bridgehead atoms. The van der Waals surface area contributed by atoms with E-state index in [4.69, 9.17) is 0 Å². The SMILES string of the molecule is CC(C)(C)c1cc(-c2csnn2)cc(C(C)(C)C)c1O. The molecule has 0 aliphatic heterocycles. The molecule has 20 heavy (non-hydrogen) atoms. The number of hydrogen-bond donors (Lipinski definition) is 1. The first-order valence-corrected chi connectivity index (χ1v) is 7.60. The summed E-state index contributed by atoms with van der Waals surface area (Å²) in [5, 5.41) is 16.7. The molecule has 4 heteroatoms. The average molecular weight is 290 g/mol. The van der Waals surface area contributed by atoms with Crippen LogP contribution in [0.4, 0.5) is 0 Å². The van der Waals surface area contributed by atoms with Gasteiger partial charge in [-0.1, -0.05) is 46.0 Å². The molecule has 0 fully saturated rings. The number of nitrogens with zero attached hydrogens (tertiary/aromatic N) is 2. The Labute approximate surface area is 124 Å². The van der Waals surface area contributed by atoms with E-state index in [1.165, 1.54) is 11.5 Å². The highest BCUT2D eigenvalue weighted by Crippen LogP contribution is 2.41. The van der Waals surface area contributed by atoms with E-state index in [1.807, 2.05) is 17.5 Å². The van der Waals surface area contributed by atoms with E-state index in [1.54, 1.807) is 0 Å². The lowest BCUT2D eigenvalue weighted by molar-refractivity contribution is 0.423. The van der Waals surface area contributed by atoms with Crippen molar-refractivity contribution < 1.29 is 5.11 Å². The molecule has 3 nitrogen and oxygen atoms in total. The number of phenols is 1. The summed E-state index contributed by atoms with van der Waals surface area (Å²) >= 11 is 1.34. The van der Waals surface area contributed by atoms with Crippen molar-refractivity contribution in [3.05, 3.63) is 28.6 Å². The number of benzene rings is 1. The lowest BCUT2D eigenvalue weighted by atomic mass is 9.78. The van der Waals surface area contributed by atoms with E-state index in [2.05, 4.69) is 51.1 Å². The van der Waals surface area contributed by atoms with Crippen molar-refractivity contribution in [3.63, 3.8) is 0 Å². The number of aromatic nitrogens is 2. The van der Waals surface area contributed by atoms with E-state index >= 15 is 0 Å². The predicted octanol–water partition coefficient (Wildman–Crippen LogP) is 4.51. The number of phenolic OH excluding ortho intramolecular Hbond substituents is 1. The Kier molecular flexibility index (Phi) is 3.63. The molecular weight excluding hydrogens is 268 g/mol. The van der Waals surface area contributed by atoms with Crippen LogP contribution in [-0.4, -0.2) is 14.7 Å². The maximum absolute atomic E-state index is 10.6. The highest BCUT2D eigenvalue weighted by Gasteiger charge is 2.27. The van der Waals surface area contributed by atoms with Crippen LogP contribution in [-0.2, 0) is 10.8 Å². The molecule has 0 amide bonds. The number of rotatable bonds is 1. The Hall–Kier alpha value is -1.42. The van der Waals surface area contributed by atoms with Gasteiger partial charge in [0, 0.05) is 22.1 Å². The Balaban J connectivity index is 2.74. The second kappa shape index (κ2) is 4.85. The highest BCUT2D eigenvalue weighted by atomic mass is 32.1. The van der Waals surface area contributed by atoms with Gasteiger partial charge < -0.3 is 5.11 Å². The molecule has 0 saturated heterocycles. The molecule has 108 valence electrons. The van der Waals surface area contributed by atoms with Gasteiger partial charge in [0.05, 0.1) is 0 Å². The topological polar surface area (TPSA) is 46.0 Å². The van der Waals surface area contributed by atoms with Crippen LogP contribution in [0.5, 0.6) is 5.75 Å². The van der Waals surface area contributed by atoms with Crippen molar-refractivity contribution in [1.29, 1.82) is 0 Å². The fourth-order valence-corrected chi connectivity index (χ4v) is 2.68. The Morgan fingerprint density at radius 3 is 1.80 bits per heavy atom. The van der Waals surface area contributed by atoms with Crippen molar-refractivity contribution in [2.24, 2.45) is 0 Å². The van der Waals surface area contributed by atoms with Gasteiger partial charge in [-0.3, -0.25) is 0 Å². The van der Waals surface area contributed by atoms with Crippen molar-refractivity contribution in [2.45, 2.75) is 52.4 Å². The van der Waals surface area contributed by atoms with Gasteiger partial charge >= 0.3 is 0 Å². The molecule has 1 N–H and O–H groups in total. The summed E-state index contributed by atoms with van der Waals surface area (Å²) in [7, 11) is 0. The second-order valence-electron chi connectivity index (χ2n) is 7.21. The van der Waals surface area contributed by atoms with E-state index in [9.17, 15) is 5.11 Å². The van der Waals surface area contributed by atoms with Crippen LogP contribution < -0.4 is 0 Å². The Morgan fingerprint density at radius 2 is 1.45 bits per heavy atom. The molecule has 0 aliphatic carbocycles. The average Bonchev–Trinajstić information content (AvgIpc) is 2.79. The van der Waals surface area contributed by atoms with E-state index in [0.717, 1.165) is 22.4 Å². The minimum Gasteiger partial charge on any atom is -0.507 e. The normalized spacial score (nSPS) is 12.7. The molecule has 0 atom stereocenters. The van der Waals surface area contributed by atoms with Crippen LogP contribution >= 0.6 is 11.5 Å². The monoisotopic (exact) mass is 290 g/mol. The smallest absolute Gasteiger partial charge is 0.123 e. The third-order valence-corrected chi connectivity index (χ3v) is 3.89. The van der Waals surface area contributed by atoms with Crippen molar-refractivity contribution in [3.8, 4) is 17.0 Å². The fourth-order valence-electron chi connectivity index (χ4n) is 2.22. The molecule has 0 aliphatic rings. The van der Waals surface area contributed by atoms with E-state index in [0.29, 0.717) is 5.75 Å². The summed E-state index contributed by atoms with van der Waals surface area (Å²) in [5.41, 5.74) is 3.55. The minimum absolute atomic E-state index is 0.121. The van der Waals surface area contributed by atoms with E-state index < -0.39 is 0 Å². The summed E-state index contributed by atoms with van der Waals surface area (Å²) in [6, 6.07) is 4.06. The van der Waals surface area contributed by atoms with E-state index in [-0.39, 0.29) is 10.8 Å². The molecule has 1 heterocycles. The van der Waals surface area contributed by atoms with Gasteiger partial charge in [-0.05, 0) is 34.5 Å². The zero-order valence-electron chi connectivity index (χ0n) is 13.0. The lowest BCUT2D eigenvalue weighted by Gasteiger charge is -2.28. The van der Waals surface area contributed by atoms with Gasteiger partial charge in [0.15, 0.2) is 0 Å². The molecule has 0 radical (unpaired) electrons. The van der Waals surface area contributed by atoms with Crippen LogP contribution in [0.1, 0.15) is 52.7 Å². The van der Waals surface area contributed by atoms with Crippen LogP contribution in [0.25, 0.3) is 11.3 Å². The number of hydrogen-bond acceptors (Lipinski definition) is 4. The van der Waals surface area contributed by atoms with Gasteiger partial charge in [-0.15, -0.1) is 5.10 Å². The van der Waals surface area contributed by atoms with Crippen molar-refractivity contribution in [2.75, 3.05) is 0 Å². The van der Waals surface area contributed by atoms with Crippen molar-refractivity contribution >= 4 is 11.5 Å². The third kappa shape index (κ3) is 2.85. The molecule has 0 spiro atoms. The number of aromatic hydroxyl groups is 1. The predicted molar refractivity (Wildman–Crippen MR) is 84.4 cm³/mol. The van der Waals surface area contributed by atoms with Gasteiger partial charge in [0.2, 0.25) is 0 Å². The summed E-state index contributed by atoms with van der Waals surface area (Å²) in [5.74, 6) is 0.400. The van der Waals surface area contributed by atoms with Gasteiger partial charge in [0.25, 0.3) is 0 Å². The standard InChI is InChI=1S/C16H22N2OS/c1-15(2,3)11-7-10(13-9-20-18-17-13)8-12(14(11)19)16(4,5)6/h7-9,19H,1-6H3. The second-order valence-corrected chi connectivity index (χ2v) is 7.82. The quantitative estimate of drug-likeness (QED) is 0.840. The zero-order valence-corrected chi connectivity index (χ0v) is 13.8. The summed E-state index contributed by atoms with van der Waals surface area (Å²) < 4.78 is 3.93. The van der Waals surface area contributed by atoms with Crippen LogP contribution in [0, 0.1) is 0 Å². The Bertz CT molecular complexity index is 569. The first-order chi connectivity index (χ1) is 9.10. The third-order valence-electron chi connectivity index (χ3n) is 3.38. The molecule has 2 aromatic rings. The molecule has 0 unspecified atom stereocenters. The fraction of sp³-hybridized carbons (Fsp3) is 0.500. The zero-order chi connectivity index (χ0) is 15.1. The van der Waals surface area contributed by atoms with Crippen LogP contribution in [0.2, 0.25) is 0 Å². The van der Waals surface area contributed by atoms with Crippen LogP contribution in [0.3, 0.4) is 0 Å². The summed E-state index contributed by atoms with van der Waals surface area (Å²) in [6.07, 6.45) is 0. The molecular formula is C16H22N2OS. The summed E-state index contributed by atoms with van der Waals surface area (Å²) in [6.45, 7) is 12.7. The van der Waals surface area contributed by atoms with Gasteiger partial charge in [-0.25, -0.2) is 0 Å². The molecule has 0 saturated carbocycles. The van der Waals surface area contributed by atoms with Gasteiger partial charge in [-0.2, -0.15) is 0 Å². The minimum atomic E-state index is -0.121. The molecule has 1 aromatic heterocycles. The largest absolute Gasteiger partial charge is 0.507 e. The van der Waals surface area contributed by atoms with Crippen LogP contribution in [0.15, 0.2) is 17.5 Å². The maximum atomic E-state index is 10.6. The first-order valence-electron chi connectivity index (χ1n) is 6.76.